The third-order valence-corrected chi connectivity index (χ3v) is 7.41. The summed E-state index contributed by atoms with van der Waals surface area (Å²) in [5, 5.41) is 4.94. The number of rotatable bonds is 3. The minimum Gasteiger partial charge on any atom is -0.385 e. The summed E-state index contributed by atoms with van der Waals surface area (Å²) in [5.74, 6) is -0.366. The molecule has 0 radical (unpaired) electrons. The normalized spacial score (nSPS) is 15.7. The predicted molar refractivity (Wildman–Crippen MR) is 144 cm³/mol. The number of halogens is 2. The van der Waals surface area contributed by atoms with Crippen molar-refractivity contribution in [2.75, 3.05) is 18.4 Å². The fourth-order valence-corrected chi connectivity index (χ4v) is 5.31. The molecule has 0 fully saturated rings. The zero-order valence-corrected chi connectivity index (χ0v) is 21.0. The van der Waals surface area contributed by atoms with Crippen LogP contribution in [-0.2, 0) is 5.41 Å². The molecule has 0 aliphatic carbocycles. The number of nitrogens with zero attached hydrogens (tertiary/aromatic N) is 3. The Labute approximate surface area is 214 Å². The van der Waals surface area contributed by atoms with Crippen molar-refractivity contribution < 1.29 is 4.39 Å². The van der Waals surface area contributed by atoms with Crippen LogP contribution in [0.15, 0.2) is 65.9 Å². The molecule has 0 atom stereocenters. The van der Waals surface area contributed by atoms with E-state index in [0.717, 1.165) is 46.9 Å². The van der Waals surface area contributed by atoms with E-state index >= 15 is 0 Å². The molecule has 0 spiro atoms. The van der Waals surface area contributed by atoms with Crippen LogP contribution in [0.4, 0.5) is 10.1 Å². The molecule has 0 saturated carbocycles. The van der Waals surface area contributed by atoms with Crippen LogP contribution in [0.1, 0.15) is 32.3 Å². The van der Waals surface area contributed by atoms with Crippen molar-refractivity contribution in [2.24, 2.45) is 4.99 Å². The maximum absolute atomic E-state index is 14.8. The Morgan fingerprint density at radius 3 is 2.69 bits per heavy atom. The molecule has 180 valence electrons. The number of benzene rings is 2. The number of hydrogen-bond acceptors (Lipinski definition) is 4. The average molecular weight is 497 g/mol. The van der Waals surface area contributed by atoms with Gasteiger partial charge in [-0.2, -0.15) is 0 Å². The van der Waals surface area contributed by atoms with E-state index in [1.54, 1.807) is 12.1 Å². The van der Waals surface area contributed by atoms with Crippen molar-refractivity contribution in [1.82, 2.24) is 9.97 Å². The molecule has 6 heteroatoms. The summed E-state index contributed by atoms with van der Waals surface area (Å²) >= 11 is 6.19. The van der Waals surface area contributed by atoms with Crippen LogP contribution in [0.25, 0.3) is 39.6 Å². The van der Waals surface area contributed by atoms with Gasteiger partial charge < -0.3 is 5.32 Å². The maximum atomic E-state index is 14.8. The first-order valence-corrected chi connectivity index (χ1v) is 12.6. The minimum absolute atomic E-state index is 0.109. The van der Waals surface area contributed by atoms with E-state index in [4.69, 9.17) is 16.6 Å². The Morgan fingerprint density at radius 1 is 0.944 bits per heavy atom. The van der Waals surface area contributed by atoms with Crippen molar-refractivity contribution in [3.8, 4) is 33.5 Å². The van der Waals surface area contributed by atoms with E-state index in [1.807, 2.05) is 18.5 Å². The van der Waals surface area contributed by atoms with Gasteiger partial charge in [0.2, 0.25) is 0 Å². The smallest absolute Gasteiger partial charge is 0.155 e. The van der Waals surface area contributed by atoms with Gasteiger partial charge in [0.25, 0.3) is 0 Å². The lowest BCUT2D eigenvalue weighted by Crippen LogP contribution is -2.33. The number of hydrogen-bond donors (Lipinski definition) is 1. The van der Waals surface area contributed by atoms with Gasteiger partial charge in [0.05, 0.1) is 5.69 Å². The van der Waals surface area contributed by atoms with Crippen molar-refractivity contribution in [2.45, 2.75) is 32.1 Å². The molecule has 2 aromatic heterocycles. The van der Waals surface area contributed by atoms with Gasteiger partial charge in [0.1, 0.15) is 5.82 Å². The first kappa shape index (κ1) is 22.9. The Balaban J connectivity index is 1.51. The van der Waals surface area contributed by atoms with Crippen LogP contribution in [0.5, 0.6) is 0 Å². The molecule has 0 saturated heterocycles. The van der Waals surface area contributed by atoms with Gasteiger partial charge in [-0.1, -0.05) is 37.6 Å². The third-order valence-electron chi connectivity index (χ3n) is 7.18. The number of anilines is 1. The Morgan fingerprint density at radius 2 is 1.81 bits per heavy atom. The van der Waals surface area contributed by atoms with Crippen LogP contribution in [0.3, 0.4) is 0 Å². The lowest BCUT2D eigenvalue weighted by molar-refractivity contribution is 0.482. The lowest BCUT2D eigenvalue weighted by atomic mass is 9.77. The highest BCUT2D eigenvalue weighted by Gasteiger charge is 2.27. The monoisotopic (exact) mass is 496 g/mol. The summed E-state index contributed by atoms with van der Waals surface area (Å²) in [6.45, 7) is 6.24. The lowest BCUT2D eigenvalue weighted by Gasteiger charge is -2.33. The predicted octanol–water partition coefficient (Wildman–Crippen LogP) is 6.17. The van der Waals surface area contributed by atoms with E-state index in [9.17, 15) is 4.39 Å². The van der Waals surface area contributed by atoms with Crippen molar-refractivity contribution in [1.29, 1.82) is 0 Å². The summed E-state index contributed by atoms with van der Waals surface area (Å²) in [6, 6.07) is 15.2. The topological polar surface area (TPSA) is 50.2 Å². The first-order chi connectivity index (χ1) is 17.4. The minimum atomic E-state index is -0.366. The summed E-state index contributed by atoms with van der Waals surface area (Å²) < 4.78 is 14.8. The summed E-state index contributed by atoms with van der Waals surface area (Å²) in [4.78, 5) is 13.9. The van der Waals surface area contributed by atoms with Gasteiger partial charge in [0, 0.05) is 58.1 Å². The summed E-state index contributed by atoms with van der Waals surface area (Å²) in [5.41, 5.74) is 8.16. The van der Waals surface area contributed by atoms with Gasteiger partial charge in [-0.3, -0.25) is 9.98 Å². The molecule has 2 aliphatic rings. The highest BCUT2D eigenvalue weighted by atomic mass is 35.5. The van der Waals surface area contributed by atoms with E-state index in [1.165, 1.54) is 17.3 Å². The van der Waals surface area contributed by atoms with Crippen LogP contribution < -0.4 is 16.0 Å². The van der Waals surface area contributed by atoms with Crippen molar-refractivity contribution >= 4 is 23.4 Å². The molecule has 4 heterocycles. The molecule has 0 amide bonds. The molecule has 4 nitrogen and oxygen atoms in total. The Bertz CT molecular complexity index is 1630. The highest BCUT2D eigenvalue weighted by Crippen LogP contribution is 2.39. The van der Waals surface area contributed by atoms with Crippen LogP contribution in [0, 0.1) is 5.82 Å². The first-order valence-electron chi connectivity index (χ1n) is 12.2. The molecule has 0 bridgehead atoms. The highest BCUT2D eigenvalue weighted by molar-refractivity contribution is 6.30. The van der Waals surface area contributed by atoms with E-state index in [0.29, 0.717) is 28.3 Å². The standard InChI is InChI=1S/C30H26ClFN4/c1-30(2)9-11-34-27-8-5-18(13-25(27)30)19-12-20(17-33-16-19)23-15-28(24-14-21(31)6-7-26(24)32)36-29-22(23)4-3-10-35-29/h4-8,12-17,34H,3,9-11H2,1-2H3. The second kappa shape index (κ2) is 8.82. The van der Waals surface area contributed by atoms with Gasteiger partial charge >= 0.3 is 0 Å². The third kappa shape index (κ3) is 4.07. The van der Waals surface area contributed by atoms with Crippen molar-refractivity contribution in [3.63, 3.8) is 0 Å². The molecular formula is C30H26ClFN4. The molecular weight excluding hydrogens is 471 g/mol. The number of pyridine rings is 2. The summed E-state index contributed by atoms with van der Waals surface area (Å²) in [6.07, 6.45) is 7.83. The van der Waals surface area contributed by atoms with E-state index < -0.39 is 0 Å². The second-order valence-electron chi connectivity index (χ2n) is 10.1. The largest absolute Gasteiger partial charge is 0.385 e. The molecule has 1 N–H and O–H groups in total. The quantitative estimate of drug-likeness (QED) is 0.369. The van der Waals surface area contributed by atoms with E-state index in [-0.39, 0.29) is 11.2 Å². The SMILES string of the molecule is CC1(C)CCNc2ccc(-c3cncc(-c4cc(-c5cc(Cl)ccc5F)nc5c4=CCCN=5)c3)cc21. The Hall–Kier alpha value is -3.57. The van der Waals surface area contributed by atoms with Crippen molar-refractivity contribution in [3.05, 3.63) is 88.0 Å². The molecule has 2 aromatic carbocycles. The molecule has 6 rings (SSSR count). The number of aromatic nitrogens is 2. The van der Waals surface area contributed by atoms with Crippen LogP contribution >= 0.6 is 11.6 Å². The van der Waals surface area contributed by atoms with Crippen LogP contribution in [-0.4, -0.2) is 23.1 Å². The van der Waals surface area contributed by atoms with E-state index in [2.05, 4.69) is 59.5 Å². The number of nitrogens with one attached hydrogen (secondary N) is 1. The molecule has 36 heavy (non-hydrogen) atoms. The average Bonchev–Trinajstić information content (AvgIpc) is 2.89. The van der Waals surface area contributed by atoms with Gasteiger partial charge in [-0.15, -0.1) is 0 Å². The zero-order chi connectivity index (χ0) is 24.9. The fraction of sp³-hybridized carbons (Fsp3) is 0.233. The summed E-state index contributed by atoms with van der Waals surface area (Å²) in [7, 11) is 0. The Kier molecular flexibility index (Phi) is 5.60. The second-order valence-corrected chi connectivity index (χ2v) is 10.5. The molecule has 4 aromatic rings. The van der Waals surface area contributed by atoms with Gasteiger partial charge in [-0.05, 0) is 77.4 Å². The molecule has 2 aliphatic heterocycles. The number of fused-ring (bicyclic) bond motifs is 2. The fourth-order valence-electron chi connectivity index (χ4n) is 5.14. The van der Waals surface area contributed by atoms with Crippen LogP contribution in [0.2, 0.25) is 5.02 Å². The van der Waals surface area contributed by atoms with Gasteiger partial charge in [-0.25, -0.2) is 9.37 Å². The maximum Gasteiger partial charge on any atom is 0.155 e. The zero-order valence-electron chi connectivity index (χ0n) is 20.3. The van der Waals surface area contributed by atoms with Gasteiger partial charge in [0.15, 0.2) is 5.49 Å². The molecule has 0 unspecified atom stereocenters.